The number of aromatic nitrogens is 3. The van der Waals surface area contributed by atoms with Crippen LogP contribution in [0.15, 0.2) is 24.5 Å². The van der Waals surface area contributed by atoms with Crippen LogP contribution < -0.4 is 10.5 Å². The minimum absolute atomic E-state index is 0.391. The van der Waals surface area contributed by atoms with Crippen molar-refractivity contribution < 1.29 is 9.13 Å². The van der Waals surface area contributed by atoms with Crippen LogP contribution in [0.25, 0.3) is 0 Å². The van der Waals surface area contributed by atoms with Gasteiger partial charge in [0.1, 0.15) is 11.5 Å². The van der Waals surface area contributed by atoms with Crippen molar-refractivity contribution in [2.45, 2.75) is 6.04 Å². The monoisotopic (exact) mass is 236 g/mol. The molecule has 0 radical (unpaired) electrons. The fraction of sp³-hybridized carbons (Fsp3) is 0.273. The van der Waals surface area contributed by atoms with E-state index in [9.17, 15) is 4.39 Å². The third-order valence-corrected chi connectivity index (χ3v) is 2.53. The minimum atomic E-state index is -0.502. The second-order valence-electron chi connectivity index (χ2n) is 3.60. The molecular formula is C11H13FN4O. The Kier molecular flexibility index (Phi) is 3.06. The van der Waals surface area contributed by atoms with Crippen molar-refractivity contribution in [1.82, 2.24) is 14.8 Å². The standard InChI is InChI=1S/C11H13FN4O/c1-16-11(9(17-2)6-15-16)10(13)8-4-3-7(12)5-14-8/h3-6,10H,13H2,1-2H3. The average Bonchev–Trinajstić information content (AvgIpc) is 2.70. The van der Waals surface area contributed by atoms with Gasteiger partial charge in [0.2, 0.25) is 0 Å². The average molecular weight is 236 g/mol. The van der Waals surface area contributed by atoms with E-state index in [1.54, 1.807) is 31.1 Å². The van der Waals surface area contributed by atoms with Crippen molar-refractivity contribution in [3.8, 4) is 5.75 Å². The number of aryl methyl sites for hydroxylation is 1. The van der Waals surface area contributed by atoms with Crippen LogP contribution in [0, 0.1) is 5.82 Å². The number of rotatable bonds is 3. The molecular weight excluding hydrogens is 223 g/mol. The highest BCUT2D eigenvalue weighted by Gasteiger charge is 2.19. The van der Waals surface area contributed by atoms with Crippen LogP contribution in [0.5, 0.6) is 5.75 Å². The Morgan fingerprint density at radius 2 is 2.18 bits per heavy atom. The summed E-state index contributed by atoms with van der Waals surface area (Å²) in [5.41, 5.74) is 7.33. The summed E-state index contributed by atoms with van der Waals surface area (Å²) in [6.07, 6.45) is 2.72. The van der Waals surface area contributed by atoms with Crippen LogP contribution in [0.2, 0.25) is 0 Å². The third-order valence-electron chi connectivity index (χ3n) is 2.53. The number of methoxy groups -OCH3 is 1. The zero-order valence-electron chi connectivity index (χ0n) is 9.59. The molecule has 1 unspecified atom stereocenters. The van der Waals surface area contributed by atoms with Crippen molar-refractivity contribution in [3.63, 3.8) is 0 Å². The molecule has 2 N–H and O–H groups in total. The normalized spacial score (nSPS) is 12.5. The fourth-order valence-corrected chi connectivity index (χ4v) is 1.65. The van der Waals surface area contributed by atoms with Crippen molar-refractivity contribution in [2.75, 3.05) is 7.11 Å². The lowest BCUT2D eigenvalue weighted by Gasteiger charge is -2.13. The molecule has 17 heavy (non-hydrogen) atoms. The van der Waals surface area contributed by atoms with Gasteiger partial charge in [0, 0.05) is 7.05 Å². The summed E-state index contributed by atoms with van der Waals surface area (Å²) in [6.45, 7) is 0. The second kappa shape index (κ2) is 4.50. The van der Waals surface area contributed by atoms with Crippen molar-refractivity contribution in [2.24, 2.45) is 12.8 Å². The van der Waals surface area contributed by atoms with Gasteiger partial charge in [-0.15, -0.1) is 0 Å². The molecule has 0 bridgehead atoms. The van der Waals surface area contributed by atoms with Gasteiger partial charge in [-0.2, -0.15) is 5.10 Å². The predicted molar refractivity (Wildman–Crippen MR) is 60.0 cm³/mol. The number of hydrogen-bond acceptors (Lipinski definition) is 4. The van der Waals surface area contributed by atoms with Crippen molar-refractivity contribution in [1.29, 1.82) is 0 Å². The molecule has 0 aliphatic carbocycles. The molecule has 2 aromatic heterocycles. The van der Waals surface area contributed by atoms with E-state index in [0.29, 0.717) is 17.1 Å². The topological polar surface area (TPSA) is 66.0 Å². The first kappa shape index (κ1) is 11.5. The number of hydrogen-bond donors (Lipinski definition) is 1. The molecule has 0 aliphatic rings. The predicted octanol–water partition coefficient (Wildman–Crippen LogP) is 1.01. The molecule has 0 amide bonds. The van der Waals surface area contributed by atoms with Gasteiger partial charge >= 0.3 is 0 Å². The van der Waals surface area contributed by atoms with Crippen molar-refractivity contribution >= 4 is 0 Å². The van der Waals surface area contributed by atoms with Crippen LogP contribution in [-0.2, 0) is 7.05 Å². The number of pyridine rings is 1. The van der Waals surface area contributed by atoms with Gasteiger partial charge in [-0.3, -0.25) is 9.67 Å². The number of ether oxygens (including phenoxy) is 1. The molecule has 1 atom stereocenters. The first-order valence-electron chi connectivity index (χ1n) is 5.06. The van der Waals surface area contributed by atoms with Crippen LogP contribution in [0.4, 0.5) is 4.39 Å². The van der Waals surface area contributed by atoms with E-state index in [1.807, 2.05) is 0 Å². The van der Waals surface area contributed by atoms with Crippen LogP contribution in [-0.4, -0.2) is 21.9 Å². The maximum atomic E-state index is 12.8. The third kappa shape index (κ3) is 2.12. The minimum Gasteiger partial charge on any atom is -0.493 e. The zero-order chi connectivity index (χ0) is 12.4. The Labute approximate surface area is 98.0 Å². The van der Waals surface area contributed by atoms with Crippen LogP contribution >= 0.6 is 0 Å². The molecule has 5 nitrogen and oxygen atoms in total. The van der Waals surface area contributed by atoms with E-state index in [-0.39, 0.29) is 0 Å². The Bertz CT molecular complexity index is 509. The van der Waals surface area contributed by atoms with Gasteiger partial charge in [0.15, 0.2) is 5.75 Å². The molecule has 90 valence electrons. The molecule has 6 heteroatoms. The summed E-state index contributed by atoms with van der Waals surface area (Å²) in [5, 5.41) is 4.06. The molecule has 0 fully saturated rings. The first-order chi connectivity index (χ1) is 8.13. The van der Waals surface area contributed by atoms with E-state index < -0.39 is 11.9 Å². The van der Waals surface area contributed by atoms with Gasteiger partial charge in [-0.05, 0) is 12.1 Å². The van der Waals surface area contributed by atoms with Crippen LogP contribution in [0.1, 0.15) is 17.4 Å². The maximum Gasteiger partial charge on any atom is 0.161 e. The molecule has 2 heterocycles. The number of nitrogens with zero attached hydrogens (tertiary/aromatic N) is 3. The molecule has 0 saturated carbocycles. The van der Waals surface area contributed by atoms with E-state index >= 15 is 0 Å². The smallest absolute Gasteiger partial charge is 0.161 e. The Hall–Kier alpha value is -1.95. The summed E-state index contributed by atoms with van der Waals surface area (Å²) in [4.78, 5) is 3.95. The summed E-state index contributed by atoms with van der Waals surface area (Å²) >= 11 is 0. The molecule has 0 spiro atoms. The van der Waals surface area contributed by atoms with Gasteiger partial charge in [-0.25, -0.2) is 4.39 Å². The fourth-order valence-electron chi connectivity index (χ4n) is 1.65. The molecule has 2 rings (SSSR count). The highest BCUT2D eigenvalue weighted by atomic mass is 19.1. The quantitative estimate of drug-likeness (QED) is 0.863. The number of nitrogens with two attached hydrogens (primary N) is 1. The lowest BCUT2D eigenvalue weighted by molar-refractivity contribution is 0.405. The summed E-state index contributed by atoms with van der Waals surface area (Å²) in [6, 6.07) is 2.37. The summed E-state index contributed by atoms with van der Waals surface area (Å²) < 4.78 is 19.6. The van der Waals surface area contributed by atoms with Crippen molar-refractivity contribution in [3.05, 3.63) is 41.7 Å². The lowest BCUT2D eigenvalue weighted by atomic mass is 10.1. The zero-order valence-corrected chi connectivity index (χ0v) is 9.59. The molecule has 0 saturated heterocycles. The SMILES string of the molecule is COc1cnn(C)c1C(N)c1ccc(F)cn1. The van der Waals surface area contributed by atoms with E-state index in [4.69, 9.17) is 10.5 Å². The maximum absolute atomic E-state index is 12.8. The molecule has 0 aliphatic heterocycles. The Morgan fingerprint density at radius 1 is 1.41 bits per heavy atom. The van der Waals surface area contributed by atoms with Gasteiger partial charge in [0.25, 0.3) is 0 Å². The second-order valence-corrected chi connectivity index (χ2v) is 3.60. The van der Waals surface area contributed by atoms with E-state index in [2.05, 4.69) is 10.1 Å². The summed E-state index contributed by atoms with van der Waals surface area (Å²) in [5.74, 6) is 0.198. The van der Waals surface area contributed by atoms with Gasteiger partial charge in [-0.1, -0.05) is 0 Å². The van der Waals surface area contributed by atoms with Crippen LogP contribution in [0.3, 0.4) is 0 Å². The first-order valence-corrected chi connectivity index (χ1v) is 5.06. The highest BCUT2D eigenvalue weighted by Crippen LogP contribution is 2.26. The largest absolute Gasteiger partial charge is 0.493 e. The van der Waals surface area contributed by atoms with E-state index in [0.717, 1.165) is 6.20 Å². The van der Waals surface area contributed by atoms with Gasteiger partial charge in [0.05, 0.1) is 31.2 Å². The Morgan fingerprint density at radius 3 is 2.76 bits per heavy atom. The Balaban J connectivity index is 2.39. The molecule has 0 aromatic carbocycles. The lowest BCUT2D eigenvalue weighted by Crippen LogP contribution is -2.18. The highest BCUT2D eigenvalue weighted by molar-refractivity contribution is 5.33. The summed E-state index contributed by atoms with van der Waals surface area (Å²) in [7, 11) is 3.31. The van der Waals surface area contributed by atoms with Gasteiger partial charge < -0.3 is 10.5 Å². The number of halogens is 1. The van der Waals surface area contributed by atoms with E-state index in [1.165, 1.54) is 6.07 Å². The molecule has 2 aromatic rings.